The molecule has 0 N–H and O–H groups in total. The van der Waals surface area contributed by atoms with Gasteiger partial charge in [0.25, 0.3) is 0 Å². The first-order valence-electron chi connectivity index (χ1n) is 3.22. The molecule has 3 nitrogen and oxygen atoms in total. The van der Waals surface area contributed by atoms with E-state index in [1.54, 1.807) is 0 Å². The van der Waals surface area contributed by atoms with Crippen LogP contribution in [-0.2, 0) is 0 Å². The summed E-state index contributed by atoms with van der Waals surface area (Å²) in [5, 5.41) is 8.75. The van der Waals surface area contributed by atoms with Gasteiger partial charge in [-0.05, 0) is 12.1 Å². The maximum absolute atomic E-state index is 10.9. The van der Waals surface area contributed by atoms with Gasteiger partial charge in [-0.25, -0.2) is 4.98 Å². The van der Waals surface area contributed by atoms with Crippen molar-refractivity contribution < 1.29 is 4.79 Å². The van der Waals surface area contributed by atoms with Crippen LogP contribution in [0.3, 0.4) is 0 Å². The van der Waals surface area contributed by atoms with Crippen LogP contribution in [0.5, 0.6) is 0 Å². The third kappa shape index (κ3) is 1.60. The molecule has 0 spiro atoms. The molecule has 1 heterocycles. The Kier molecular flexibility index (Phi) is 2.41. The first-order chi connectivity index (χ1) is 5.65. The lowest BCUT2D eigenvalue weighted by Gasteiger charge is -1.97. The van der Waals surface area contributed by atoms with Crippen LogP contribution >= 0.6 is 11.6 Å². The Hall–Kier alpha value is -1.40. The van der Waals surface area contributed by atoms with Crippen LogP contribution in [0.4, 0.5) is 0 Å². The molecule has 1 rings (SSSR count). The van der Waals surface area contributed by atoms with E-state index in [1.807, 2.05) is 6.07 Å². The molecule has 1 aromatic rings. The van der Waals surface area contributed by atoms with E-state index in [0.717, 1.165) is 0 Å². The lowest BCUT2D eigenvalue weighted by molar-refractivity contribution is 0.101. The zero-order chi connectivity index (χ0) is 9.14. The van der Waals surface area contributed by atoms with Gasteiger partial charge in [-0.1, -0.05) is 11.6 Å². The van der Waals surface area contributed by atoms with Crippen molar-refractivity contribution in [1.82, 2.24) is 4.98 Å². The Morgan fingerprint density at radius 1 is 1.67 bits per heavy atom. The second kappa shape index (κ2) is 3.33. The van der Waals surface area contributed by atoms with Crippen molar-refractivity contribution >= 4 is 17.4 Å². The number of hydrogen-bond donors (Lipinski definition) is 0. The van der Waals surface area contributed by atoms with Crippen molar-refractivity contribution in [2.24, 2.45) is 0 Å². The minimum atomic E-state index is -0.239. The number of rotatable bonds is 1. The van der Waals surface area contributed by atoms with Gasteiger partial charge in [-0.15, -0.1) is 0 Å². The normalized spacial score (nSPS) is 9.08. The molecular formula is C8H5ClN2O. The number of halogens is 1. The topological polar surface area (TPSA) is 53.8 Å². The largest absolute Gasteiger partial charge is 0.293 e. The fourth-order valence-corrected chi connectivity index (χ4v) is 0.990. The standard InChI is InChI=1S/C8H5ClN2O/c1-5(12)8-7(9)3-2-6(4-10)11-8/h2-3H,1H3. The van der Waals surface area contributed by atoms with Crippen molar-refractivity contribution in [3.8, 4) is 6.07 Å². The lowest BCUT2D eigenvalue weighted by atomic mass is 10.2. The molecule has 0 saturated carbocycles. The molecule has 0 unspecified atom stereocenters. The van der Waals surface area contributed by atoms with Gasteiger partial charge in [0.1, 0.15) is 17.5 Å². The fraction of sp³-hybridized carbons (Fsp3) is 0.125. The van der Waals surface area contributed by atoms with E-state index in [-0.39, 0.29) is 22.2 Å². The molecule has 0 aliphatic rings. The van der Waals surface area contributed by atoms with E-state index < -0.39 is 0 Å². The molecular weight excluding hydrogens is 176 g/mol. The second-order valence-electron chi connectivity index (χ2n) is 2.19. The van der Waals surface area contributed by atoms with E-state index in [2.05, 4.69) is 4.98 Å². The van der Waals surface area contributed by atoms with Crippen LogP contribution in [0.25, 0.3) is 0 Å². The van der Waals surface area contributed by atoms with Crippen LogP contribution in [-0.4, -0.2) is 10.8 Å². The summed E-state index contributed by atoms with van der Waals surface area (Å²) in [7, 11) is 0. The molecule has 1 aromatic heterocycles. The quantitative estimate of drug-likeness (QED) is 0.620. The Morgan fingerprint density at radius 3 is 2.83 bits per heavy atom. The molecule has 0 bridgehead atoms. The highest BCUT2D eigenvalue weighted by Crippen LogP contribution is 2.13. The molecule has 0 aromatic carbocycles. The fourth-order valence-electron chi connectivity index (χ4n) is 0.751. The minimum Gasteiger partial charge on any atom is -0.293 e. The van der Waals surface area contributed by atoms with Gasteiger partial charge >= 0.3 is 0 Å². The van der Waals surface area contributed by atoms with Gasteiger partial charge in [-0.2, -0.15) is 5.26 Å². The Bertz CT molecular complexity index is 368. The summed E-state index contributed by atoms with van der Waals surface area (Å²) in [6, 6.07) is 4.78. The van der Waals surface area contributed by atoms with E-state index in [4.69, 9.17) is 16.9 Å². The Labute approximate surface area is 74.6 Å². The smallest absolute Gasteiger partial charge is 0.179 e. The second-order valence-corrected chi connectivity index (χ2v) is 2.60. The van der Waals surface area contributed by atoms with Crippen LogP contribution in [0.15, 0.2) is 12.1 Å². The molecule has 0 aliphatic heterocycles. The summed E-state index contributed by atoms with van der Waals surface area (Å²) in [6.45, 7) is 1.36. The summed E-state index contributed by atoms with van der Waals surface area (Å²) >= 11 is 5.66. The van der Waals surface area contributed by atoms with Gasteiger partial charge < -0.3 is 0 Å². The number of nitrogens with zero attached hydrogens (tertiary/aromatic N) is 2. The summed E-state index contributed by atoms with van der Waals surface area (Å²) in [5.74, 6) is -0.239. The summed E-state index contributed by atoms with van der Waals surface area (Å²) in [5.41, 5.74) is 0.348. The van der Waals surface area contributed by atoms with Crippen molar-refractivity contribution in [2.75, 3.05) is 0 Å². The number of aromatic nitrogens is 1. The molecule has 0 amide bonds. The van der Waals surface area contributed by atoms with Crippen molar-refractivity contribution in [1.29, 1.82) is 5.26 Å². The number of Topliss-reactive ketones (excluding diaryl/α,β-unsaturated/α-hetero) is 1. The lowest BCUT2D eigenvalue weighted by Crippen LogP contribution is -1.99. The Morgan fingerprint density at radius 2 is 2.33 bits per heavy atom. The number of carbonyl (C=O) groups excluding carboxylic acids is 1. The van der Waals surface area contributed by atoms with Crippen LogP contribution in [0, 0.1) is 11.3 Å². The number of pyridine rings is 1. The highest BCUT2D eigenvalue weighted by Gasteiger charge is 2.07. The van der Waals surface area contributed by atoms with Gasteiger partial charge in [0, 0.05) is 6.92 Å². The Balaban J connectivity index is 3.28. The third-order valence-corrected chi connectivity index (χ3v) is 1.60. The molecule has 0 radical (unpaired) electrons. The molecule has 4 heteroatoms. The maximum atomic E-state index is 10.9. The average Bonchev–Trinajstić information content (AvgIpc) is 2.05. The SMILES string of the molecule is CC(=O)c1nc(C#N)ccc1Cl. The van der Waals surface area contributed by atoms with E-state index in [0.29, 0.717) is 0 Å². The average molecular weight is 181 g/mol. The van der Waals surface area contributed by atoms with E-state index >= 15 is 0 Å². The zero-order valence-corrected chi connectivity index (χ0v) is 7.09. The van der Waals surface area contributed by atoms with E-state index in [1.165, 1.54) is 19.1 Å². The molecule has 0 fully saturated rings. The molecule has 0 saturated heterocycles. The van der Waals surface area contributed by atoms with Gasteiger partial charge in [-0.3, -0.25) is 4.79 Å². The molecule has 12 heavy (non-hydrogen) atoms. The van der Waals surface area contributed by atoms with Gasteiger partial charge in [0.2, 0.25) is 0 Å². The van der Waals surface area contributed by atoms with Gasteiger partial charge in [0.15, 0.2) is 5.78 Å². The number of nitriles is 1. The molecule has 60 valence electrons. The maximum Gasteiger partial charge on any atom is 0.179 e. The third-order valence-electron chi connectivity index (χ3n) is 1.29. The van der Waals surface area contributed by atoms with Crippen LogP contribution in [0.2, 0.25) is 5.02 Å². The van der Waals surface area contributed by atoms with Crippen LogP contribution in [0.1, 0.15) is 23.1 Å². The number of carbonyl (C=O) groups is 1. The first-order valence-corrected chi connectivity index (χ1v) is 3.60. The predicted molar refractivity (Wildman–Crippen MR) is 44.0 cm³/mol. The molecule has 0 aliphatic carbocycles. The monoisotopic (exact) mass is 180 g/mol. The highest BCUT2D eigenvalue weighted by atomic mass is 35.5. The number of hydrogen-bond acceptors (Lipinski definition) is 3. The van der Waals surface area contributed by atoms with Gasteiger partial charge in [0.05, 0.1) is 5.02 Å². The van der Waals surface area contributed by atoms with Crippen LogP contribution < -0.4 is 0 Å². The predicted octanol–water partition coefficient (Wildman–Crippen LogP) is 1.81. The summed E-state index contributed by atoms with van der Waals surface area (Å²) in [4.78, 5) is 14.6. The zero-order valence-electron chi connectivity index (χ0n) is 6.34. The van der Waals surface area contributed by atoms with E-state index in [9.17, 15) is 4.79 Å². The van der Waals surface area contributed by atoms with Crippen molar-refractivity contribution in [3.63, 3.8) is 0 Å². The first kappa shape index (κ1) is 8.69. The van der Waals surface area contributed by atoms with Crippen molar-refractivity contribution in [3.05, 3.63) is 28.5 Å². The van der Waals surface area contributed by atoms with Crippen molar-refractivity contribution in [2.45, 2.75) is 6.92 Å². The molecule has 0 atom stereocenters. The summed E-state index contributed by atoms with van der Waals surface area (Å²) in [6.07, 6.45) is 0. The number of ketones is 1. The summed E-state index contributed by atoms with van der Waals surface area (Å²) < 4.78 is 0. The highest BCUT2D eigenvalue weighted by molar-refractivity contribution is 6.33. The minimum absolute atomic E-state index is 0.149.